The largest absolute Gasteiger partial charge is 0.372 e. The number of allylic oxidation sites excluding steroid dienone is 1. The van der Waals surface area contributed by atoms with Gasteiger partial charge in [0, 0.05) is 22.5 Å². The second-order valence-electron chi connectivity index (χ2n) is 7.83. The molecule has 0 aromatic heterocycles. The molecule has 2 aromatic rings. The van der Waals surface area contributed by atoms with E-state index in [4.69, 9.17) is 4.74 Å². The second-order valence-corrected chi connectivity index (χ2v) is 9.08. The number of thioether (sulfide) groups is 1. The third-order valence-corrected chi connectivity index (χ3v) is 6.79. The number of ketones is 1. The first-order chi connectivity index (χ1) is 14.7. The highest BCUT2D eigenvalue weighted by atomic mass is 32.2. The zero-order chi connectivity index (χ0) is 21.2. The highest BCUT2D eigenvalue weighted by molar-refractivity contribution is 8.00. The lowest BCUT2D eigenvalue weighted by molar-refractivity contribution is -0.115. The molecule has 2 aromatic carbocycles. The number of unbranched alkanes of at least 4 members (excludes halogenated alkanes) is 3. The first kappa shape index (κ1) is 22.6. The lowest BCUT2D eigenvalue weighted by Crippen LogP contribution is -2.27. The van der Waals surface area contributed by atoms with Crippen LogP contribution in [-0.4, -0.2) is 17.1 Å². The van der Waals surface area contributed by atoms with Gasteiger partial charge in [-0.15, -0.1) is 11.8 Å². The third-order valence-electron chi connectivity index (χ3n) is 5.52. The quantitative estimate of drug-likeness (QED) is 0.169. The van der Waals surface area contributed by atoms with E-state index in [1.807, 2.05) is 24.3 Å². The molecule has 1 fully saturated rings. The van der Waals surface area contributed by atoms with E-state index in [-0.39, 0.29) is 23.1 Å². The number of hydrogen-bond acceptors (Lipinski definition) is 3. The molecule has 2 nitrogen and oxygen atoms in total. The molecule has 3 rings (SSSR count). The Kier molecular flexibility index (Phi) is 8.98. The summed E-state index contributed by atoms with van der Waals surface area (Å²) in [6.45, 7) is 6.91. The van der Waals surface area contributed by atoms with Crippen LogP contribution in [0.3, 0.4) is 0 Å². The van der Waals surface area contributed by atoms with Crippen LogP contribution in [0.25, 0.3) is 0 Å². The highest BCUT2D eigenvalue weighted by Crippen LogP contribution is 2.41. The molecule has 0 N–H and O–H groups in total. The zero-order valence-electron chi connectivity index (χ0n) is 17.8. The minimum Gasteiger partial charge on any atom is -0.372 e. The summed E-state index contributed by atoms with van der Waals surface area (Å²) in [4.78, 5) is 13.8. The summed E-state index contributed by atoms with van der Waals surface area (Å²) in [7, 11) is 0. The fourth-order valence-electron chi connectivity index (χ4n) is 3.83. The Hall–Kier alpha value is -2.10. The van der Waals surface area contributed by atoms with Crippen LogP contribution in [0.15, 0.2) is 89.9 Å². The van der Waals surface area contributed by atoms with Crippen molar-refractivity contribution in [2.24, 2.45) is 5.92 Å². The lowest BCUT2D eigenvalue weighted by atomic mass is 9.96. The summed E-state index contributed by atoms with van der Waals surface area (Å²) in [5.74, 6) is 0.130. The van der Waals surface area contributed by atoms with Crippen LogP contribution < -0.4 is 0 Å². The van der Waals surface area contributed by atoms with E-state index in [2.05, 4.69) is 62.1 Å². The number of hydrogen-bond donors (Lipinski definition) is 0. The maximum Gasteiger partial charge on any atom is 0.161 e. The molecule has 0 amide bonds. The Morgan fingerprint density at radius 1 is 1.10 bits per heavy atom. The Labute approximate surface area is 185 Å². The SMILES string of the molecule is C=C1C(=O)CC(OCc2ccccc2)C1C(C=CCCCCC)Sc1ccccc1. The van der Waals surface area contributed by atoms with Gasteiger partial charge in [-0.25, -0.2) is 0 Å². The average Bonchev–Trinajstić information content (AvgIpc) is 3.06. The first-order valence-corrected chi connectivity index (χ1v) is 11.8. The van der Waals surface area contributed by atoms with Gasteiger partial charge in [0.1, 0.15) is 0 Å². The van der Waals surface area contributed by atoms with Gasteiger partial charge in [0.25, 0.3) is 0 Å². The molecule has 0 saturated heterocycles. The summed E-state index contributed by atoms with van der Waals surface area (Å²) >= 11 is 1.80. The van der Waals surface area contributed by atoms with E-state index < -0.39 is 0 Å². The van der Waals surface area contributed by atoms with Gasteiger partial charge in [-0.2, -0.15) is 0 Å². The van der Waals surface area contributed by atoms with Gasteiger partial charge in [0.15, 0.2) is 5.78 Å². The van der Waals surface area contributed by atoms with Crippen molar-refractivity contribution in [3.05, 3.63) is 90.5 Å². The molecule has 1 aliphatic rings. The van der Waals surface area contributed by atoms with Gasteiger partial charge in [0.2, 0.25) is 0 Å². The second kappa shape index (κ2) is 11.9. The van der Waals surface area contributed by atoms with E-state index in [1.54, 1.807) is 11.8 Å². The molecule has 1 saturated carbocycles. The lowest BCUT2D eigenvalue weighted by Gasteiger charge is -2.26. The Morgan fingerprint density at radius 3 is 2.50 bits per heavy atom. The maximum absolute atomic E-state index is 12.6. The van der Waals surface area contributed by atoms with Crippen LogP contribution in [0.1, 0.15) is 44.6 Å². The molecular weight excluding hydrogens is 388 g/mol. The average molecular weight is 421 g/mol. The molecule has 158 valence electrons. The minimum atomic E-state index is -0.133. The summed E-state index contributed by atoms with van der Waals surface area (Å²) in [5.41, 5.74) is 1.84. The molecule has 30 heavy (non-hydrogen) atoms. The van der Waals surface area contributed by atoms with Crippen LogP contribution in [0.5, 0.6) is 0 Å². The Balaban J connectivity index is 1.76. The van der Waals surface area contributed by atoms with Crippen LogP contribution in [-0.2, 0) is 16.1 Å². The Bertz CT molecular complexity index is 828. The van der Waals surface area contributed by atoms with Gasteiger partial charge in [0.05, 0.1) is 12.7 Å². The van der Waals surface area contributed by atoms with Crippen molar-refractivity contribution < 1.29 is 9.53 Å². The number of benzene rings is 2. The van der Waals surface area contributed by atoms with Gasteiger partial charge < -0.3 is 4.74 Å². The van der Waals surface area contributed by atoms with Gasteiger partial charge >= 0.3 is 0 Å². The number of ether oxygens (including phenoxy) is 1. The molecule has 0 aliphatic heterocycles. The standard InChI is InChI=1S/C27H32O2S/c1-3-4-5-6-13-18-26(30-23-16-11-8-12-17-23)27-21(2)24(28)19-25(27)29-20-22-14-9-7-10-15-22/h7-18,25-27H,2-6,19-20H2,1H3. The normalized spacial score (nSPS) is 20.2. The smallest absolute Gasteiger partial charge is 0.161 e. The van der Waals surface area contributed by atoms with Crippen molar-refractivity contribution in [2.45, 2.75) is 61.9 Å². The van der Waals surface area contributed by atoms with Crippen molar-refractivity contribution in [1.29, 1.82) is 0 Å². The molecule has 3 unspecified atom stereocenters. The third kappa shape index (κ3) is 6.45. The van der Waals surface area contributed by atoms with E-state index >= 15 is 0 Å². The number of Topliss-reactive ketones (excluding diaryl/α,β-unsaturated/α-hetero) is 1. The van der Waals surface area contributed by atoms with Crippen LogP contribution in [0, 0.1) is 5.92 Å². The summed E-state index contributed by atoms with van der Waals surface area (Å²) in [6.07, 6.45) is 9.59. The molecule has 3 heteroatoms. The molecule has 0 radical (unpaired) electrons. The number of rotatable bonds is 11. The molecular formula is C27H32O2S. The first-order valence-electron chi connectivity index (χ1n) is 10.9. The van der Waals surface area contributed by atoms with Crippen molar-refractivity contribution in [3.63, 3.8) is 0 Å². The highest BCUT2D eigenvalue weighted by Gasteiger charge is 2.41. The fourth-order valence-corrected chi connectivity index (χ4v) is 5.14. The Morgan fingerprint density at radius 2 is 1.80 bits per heavy atom. The van der Waals surface area contributed by atoms with E-state index in [0.29, 0.717) is 18.6 Å². The molecule has 0 bridgehead atoms. The maximum atomic E-state index is 12.6. The predicted octanol–water partition coefficient (Wildman–Crippen LogP) is 7.01. The topological polar surface area (TPSA) is 26.3 Å². The summed E-state index contributed by atoms with van der Waals surface area (Å²) in [5, 5.41) is 0.133. The van der Waals surface area contributed by atoms with Crippen molar-refractivity contribution in [3.8, 4) is 0 Å². The van der Waals surface area contributed by atoms with Gasteiger partial charge in [-0.3, -0.25) is 4.79 Å². The number of carbonyl (C=O) groups is 1. The predicted molar refractivity (Wildman–Crippen MR) is 127 cm³/mol. The van der Waals surface area contributed by atoms with E-state index in [0.717, 1.165) is 12.0 Å². The number of carbonyl (C=O) groups excluding carboxylic acids is 1. The van der Waals surface area contributed by atoms with Crippen LogP contribution in [0.4, 0.5) is 0 Å². The van der Waals surface area contributed by atoms with Crippen LogP contribution in [0.2, 0.25) is 0 Å². The monoisotopic (exact) mass is 420 g/mol. The van der Waals surface area contributed by atoms with Gasteiger partial charge in [-0.1, -0.05) is 87.0 Å². The van der Waals surface area contributed by atoms with Crippen molar-refractivity contribution in [2.75, 3.05) is 0 Å². The van der Waals surface area contributed by atoms with Crippen LogP contribution >= 0.6 is 11.8 Å². The summed E-state index contributed by atoms with van der Waals surface area (Å²) < 4.78 is 6.28. The summed E-state index contributed by atoms with van der Waals surface area (Å²) in [6, 6.07) is 20.6. The van der Waals surface area contributed by atoms with E-state index in [1.165, 1.54) is 24.2 Å². The zero-order valence-corrected chi connectivity index (χ0v) is 18.7. The molecule has 1 aliphatic carbocycles. The fraction of sp³-hybridized carbons (Fsp3) is 0.370. The van der Waals surface area contributed by atoms with Gasteiger partial charge in [-0.05, 0) is 36.1 Å². The molecule has 0 spiro atoms. The van der Waals surface area contributed by atoms with Crippen molar-refractivity contribution >= 4 is 17.5 Å². The minimum absolute atomic E-state index is 0.00570. The van der Waals surface area contributed by atoms with E-state index in [9.17, 15) is 4.79 Å². The molecule has 0 heterocycles. The molecule has 3 atom stereocenters. The van der Waals surface area contributed by atoms with Crippen molar-refractivity contribution in [1.82, 2.24) is 0 Å².